The molecule has 6 heteroatoms. The van der Waals surface area contributed by atoms with Crippen molar-refractivity contribution in [2.75, 3.05) is 7.11 Å². The number of rotatable bonds is 5. The van der Waals surface area contributed by atoms with Crippen LogP contribution in [-0.4, -0.2) is 12.2 Å². The Morgan fingerprint density at radius 1 is 1.26 bits per heavy atom. The van der Waals surface area contributed by atoms with Gasteiger partial charge in [-0.3, -0.25) is 0 Å². The van der Waals surface area contributed by atoms with Crippen molar-refractivity contribution in [3.63, 3.8) is 0 Å². The molecule has 1 aromatic heterocycles. The second-order valence-corrected chi connectivity index (χ2v) is 6.46. The van der Waals surface area contributed by atoms with Crippen molar-refractivity contribution in [1.29, 1.82) is 0 Å². The summed E-state index contributed by atoms with van der Waals surface area (Å²) in [6.07, 6.45) is 0. The second kappa shape index (κ2) is 6.74. The van der Waals surface area contributed by atoms with Gasteiger partial charge in [0.15, 0.2) is 11.5 Å². The molecule has 1 heterocycles. The molecule has 2 aromatic rings. The minimum Gasteiger partial charge on any atom is -0.493 e. The van der Waals surface area contributed by atoms with Crippen molar-refractivity contribution in [3.05, 3.63) is 43.0 Å². The lowest BCUT2D eigenvalue weighted by Gasteiger charge is -2.13. The Morgan fingerprint density at radius 3 is 2.63 bits per heavy atom. The fourth-order valence-corrected chi connectivity index (χ4v) is 3.55. The molecule has 0 bridgehead atoms. The van der Waals surface area contributed by atoms with Crippen molar-refractivity contribution in [2.24, 2.45) is 0 Å². The molecule has 1 aromatic carbocycles. The third kappa shape index (κ3) is 3.51. The molecule has 0 aliphatic rings. The third-order valence-electron chi connectivity index (χ3n) is 2.51. The molecule has 0 saturated heterocycles. The van der Waals surface area contributed by atoms with Crippen molar-refractivity contribution >= 4 is 43.2 Å². The maximum absolute atomic E-state index is 9.17. The molecule has 0 aliphatic heterocycles. The summed E-state index contributed by atoms with van der Waals surface area (Å²) in [5, 5.41) is 11.2. The van der Waals surface area contributed by atoms with Crippen molar-refractivity contribution in [3.8, 4) is 11.5 Å². The van der Waals surface area contributed by atoms with E-state index in [1.165, 1.54) is 0 Å². The van der Waals surface area contributed by atoms with Crippen molar-refractivity contribution in [2.45, 2.75) is 13.2 Å². The Labute approximate surface area is 132 Å². The lowest BCUT2D eigenvalue weighted by atomic mass is 10.2. The molecule has 0 amide bonds. The standard InChI is InChI=1S/C13H12Br2O3S/c1-17-11-5-8(6-16)4-10(15)13(11)18-7-12-9(14)2-3-19-12/h2-5,16H,6-7H2,1H3. The van der Waals surface area contributed by atoms with Gasteiger partial charge in [-0.05, 0) is 61.0 Å². The van der Waals surface area contributed by atoms with E-state index in [0.29, 0.717) is 18.1 Å². The molecular weight excluding hydrogens is 396 g/mol. The number of aliphatic hydroxyl groups excluding tert-OH is 1. The van der Waals surface area contributed by atoms with Gasteiger partial charge in [0.25, 0.3) is 0 Å². The fraction of sp³-hybridized carbons (Fsp3) is 0.231. The van der Waals surface area contributed by atoms with E-state index in [1.54, 1.807) is 24.5 Å². The van der Waals surface area contributed by atoms with Crippen LogP contribution in [0.5, 0.6) is 11.5 Å². The molecule has 19 heavy (non-hydrogen) atoms. The summed E-state index contributed by atoms with van der Waals surface area (Å²) < 4.78 is 12.9. The molecule has 2 rings (SSSR count). The maximum atomic E-state index is 9.17. The molecular formula is C13H12Br2O3S. The highest BCUT2D eigenvalue weighted by Gasteiger charge is 2.12. The Balaban J connectivity index is 2.22. The first-order chi connectivity index (χ1) is 9.15. The van der Waals surface area contributed by atoms with Gasteiger partial charge in [0.05, 0.1) is 23.1 Å². The average molecular weight is 408 g/mol. The van der Waals surface area contributed by atoms with Gasteiger partial charge >= 0.3 is 0 Å². The van der Waals surface area contributed by atoms with Crippen LogP contribution in [0.25, 0.3) is 0 Å². The number of aliphatic hydroxyl groups is 1. The minimum absolute atomic E-state index is 0.0360. The first kappa shape index (κ1) is 14.8. The van der Waals surface area contributed by atoms with E-state index in [9.17, 15) is 0 Å². The molecule has 3 nitrogen and oxygen atoms in total. The molecule has 0 unspecified atom stereocenters. The monoisotopic (exact) mass is 406 g/mol. The summed E-state index contributed by atoms with van der Waals surface area (Å²) in [5.41, 5.74) is 0.772. The summed E-state index contributed by atoms with van der Waals surface area (Å²) in [6.45, 7) is 0.428. The molecule has 0 spiro atoms. The van der Waals surface area contributed by atoms with Crippen LogP contribution in [0, 0.1) is 0 Å². The van der Waals surface area contributed by atoms with E-state index in [4.69, 9.17) is 14.6 Å². The van der Waals surface area contributed by atoms with Crippen LogP contribution in [0.15, 0.2) is 32.5 Å². The number of methoxy groups -OCH3 is 1. The number of ether oxygens (including phenoxy) is 2. The summed E-state index contributed by atoms with van der Waals surface area (Å²) in [4.78, 5) is 1.11. The summed E-state index contributed by atoms with van der Waals surface area (Å²) in [7, 11) is 1.58. The third-order valence-corrected chi connectivity index (χ3v) is 5.00. The summed E-state index contributed by atoms with van der Waals surface area (Å²) in [5.74, 6) is 1.24. The summed E-state index contributed by atoms with van der Waals surface area (Å²) >= 11 is 8.54. The van der Waals surface area contributed by atoms with Crippen LogP contribution in [-0.2, 0) is 13.2 Å². The topological polar surface area (TPSA) is 38.7 Å². The van der Waals surface area contributed by atoms with Crippen LogP contribution in [0.4, 0.5) is 0 Å². The molecule has 0 radical (unpaired) electrons. The average Bonchev–Trinajstić information content (AvgIpc) is 2.82. The van der Waals surface area contributed by atoms with Crippen molar-refractivity contribution < 1.29 is 14.6 Å². The maximum Gasteiger partial charge on any atom is 0.175 e. The molecule has 0 atom stereocenters. The zero-order valence-electron chi connectivity index (χ0n) is 10.2. The highest BCUT2D eigenvalue weighted by Crippen LogP contribution is 2.37. The van der Waals surface area contributed by atoms with Gasteiger partial charge in [0.1, 0.15) is 6.61 Å². The fourth-order valence-electron chi connectivity index (χ4n) is 1.57. The van der Waals surface area contributed by atoms with Crippen molar-refractivity contribution in [1.82, 2.24) is 0 Å². The van der Waals surface area contributed by atoms with E-state index in [-0.39, 0.29) is 6.61 Å². The molecule has 0 aliphatic carbocycles. The highest BCUT2D eigenvalue weighted by molar-refractivity contribution is 9.10. The Bertz CT molecular complexity index is 569. The quantitative estimate of drug-likeness (QED) is 0.800. The van der Waals surface area contributed by atoms with Gasteiger partial charge in [-0.2, -0.15) is 0 Å². The first-order valence-corrected chi connectivity index (χ1v) is 7.94. The molecule has 0 fully saturated rings. The Kier molecular flexibility index (Phi) is 5.27. The Morgan fingerprint density at radius 2 is 2.05 bits per heavy atom. The van der Waals surface area contributed by atoms with E-state index in [1.807, 2.05) is 17.5 Å². The number of thiophene rings is 1. The zero-order valence-corrected chi connectivity index (χ0v) is 14.1. The number of halogens is 2. The smallest absolute Gasteiger partial charge is 0.175 e. The predicted molar refractivity (Wildman–Crippen MR) is 83.0 cm³/mol. The Hall–Kier alpha value is -0.560. The lowest BCUT2D eigenvalue weighted by Crippen LogP contribution is -1.99. The van der Waals surface area contributed by atoms with Crippen LogP contribution in [0.1, 0.15) is 10.4 Å². The van der Waals surface area contributed by atoms with Gasteiger partial charge in [-0.1, -0.05) is 0 Å². The number of benzene rings is 1. The van der Waals surface area contributed by atoms with Gasteiger partial charge < -0.3 is 14.6 Å². The molecule has 1 N–H and O–H groups in total. The molecule has 102 valence electrons. The predicted octanol–water partition coefficient (Wildman–Crippen LogP) is 4.35. The van der Waals surface area contributed by atoms with E-state index in [0.717, 1.165) is 19.4 Å². The number of hydrogen-bond donors (Lipinski definition) is 1. The number of hydrogen-bond acceptors (Lipinski definition) is 4. The van der Waals surface area contributed by atoms with Gasteiger partial charge in [-0.25, -0.2) is 0 Å². The minimum atomic E-state index is -0.0360. The highest BCUT2D eigenvalue weighted by atomic mass is 79.9. The molecule has 0 saturated carbocycles. The van der Waals surface area contributed by atoms with Crippen LogP contribution in [0.2, 0.25) is 0 Å². The largest absolute Gasteiger partial charge is 0.493 e. The summed E-state index contributed by atoms with van der Waals surface area (Å²) in [6, 6.07) is 5.58. The zero-order chi connectivity index (χ0) is 13.8. The van der Waals surface area contributed by atoms with E-state index < -0.39 is 0 Å². The van der Waals surface area contributed by atoms with E-state index in [2.05, 4.69) is 31.9 Å². The normalized spacial score (nSPS) is 10.5. The van der Waals surface area contributed by atoms with Crippen LogP contribution < -0.4 is 9.47 Å². The van der Waals surface area contributed by atoms with Gasteiger partial charge in [0, 0.05) is 4.47 Å². The van der Waals surface area contributed by atoms with Gasteiger partial charge in [0.2, 0.25) is 0 Å². The van der Waals surface area contributed by atoms with E-state index >= 15 is 0 Å². The lowest BCUT2D eigenvalue weighted by molar-refractivity contribution is 0.274. The first-order valence-electron chi connectivity index (χ1n) is 5.47. The van der Waals surface area contributed by atoms with Crippen LogP contribution >= 0.6 is 43.2 Å². The van der Waals surface area contributed by atoms with Crippen LogP contribution in [0.3, 0.4) is 0 Å². The second-order valence-electron chi connectivity index (χ2n) is 3.75. The SMILES string of the molecule is COc1cc(CO)cc(Br)c1OCc1sccc1Br. The van der Waals surface area contributed by atoms with Gasteiger partial charge in [-0.15, -0.1) is 11.3 Å².